The molecule has 1 fully saturated rings. The van der Waals surface area contributed by atoms with Crippen molar-refractivity contribution in [2.45, 2.75) is 25.9 Å². The second-order valence-electron chi connectivity index (χ2n) is 4.21. The molecule has 1 heterocycles. The minimum atomic E-state index is -0.689. The summed E-state index contributed by atoms with van der Waals surface area (Å²) in [5.41, 5.74) is -0.689. The highest BCUT2D eigenvalue weighted by molar-refractivity contribution is 5.85. The summed E-state index contributed by atoms with van der Waals surface area (Å²) >= 11 is 0. The van der Waals surface area contributed by atoms with Crippen molar-refractivity contribution in [3.05, 3.63) is 0 Å². The van der Waals surface area contributed by atoms with Crippen LogP contribution in [0.15, 0.2) is 0 Å². The van der Waals surface area contributed by atoms with Gasteiger partial charge in [-0.05, 0) is 20.3 Å². The van der Waals surface area contributed by atoms with Crippen molar-refractivity contribution in [1.29, 1.82) is 0 Å². The molecule has 84 valence electrons. The number of halogens is 1. The standard InChI is InChI=1S/C9H18N2O2.ClH/c1-9(2,13)3-4-11-8(12)7-5-10-6-7;/h7,10,13H,3-6H2,1-2H3,(H,11,12);1H. The maximum Gasteiger partial charge on any atom is 0.225 e. The van der Waals surface area contributed by atoms with Crippen LogP contribution in [0.1, 0.15) is 20.3 Å². The second-order valence-corrected chi connectivity index (χ2v) is 4.21. The van der Waals surface area contributed by atoms with E-state index in [1.165, 1.54) is 0 Å². The Balaban J connectivity index is 0.00000169. The zero-order chi connectivity index (χ0) is 9.90. The molecule has 0 atom stereocenters. The van der Waals surface area contributed by atoms with Crippen LogP contribution in [-0.2, 0) is 4.79 Å². The molecule has 0 saturated carbocycles. The van der Waals surface area contributed by atoms with Gasteiger partial charge in [0.2, 0.25) is 5.91 Å². The van der Waals surface area contributed by atoms with Crippen LogP contribution in [0, 0.1) is 5.92 Å². The van der Waals surface area contributed by atoms with Crippen LogP contribution in [-0.4, -0.2) is 36.2 Å². The molecule has 1 amide bonds. The van der Waals surface area contributed by atoms with E-state index in [2.05, 4.69) is 10.6 Å². The van der Waals surface area contributed by atoms with Crippen LogP contribution in [0.5, 0.6) is 0 Å². The Morgan fingerprint density at radius 1 is 1.57 bits per heavy atom. The molecule has 1 saturated heterocycles. The first-order valence-corrected chi connectivity index (χ1v) is 4.70. The fraction of sp³-hybridized carbons (Fsp3) is 0.889. The van der Waals surface area contributed by atoms with Gasteiger partial charge in [0, 0.05) is 19.6 Å². The van der Waals surface area contributed by atoms with Crippen LogP contribution in [0.4, 0.5) is 0 Å². The van der Waals surface area contributed by atoms with E-state index >= 15 is 0 Å². The third-order valence-corrected chi connectivity index (χ3v) is 2.19. The predicted molar refractivity (Wildman–Crippen MR) is 57.5 cm³/mol. The summed E-state index contributed by atoms with van der Waals surface area (Å²) in [4.78, 5) is 11.3. The molecule has 4 nitrogen and oxygen atoms in total. The van der Waals surface area contributed by atoms with Gasteiger partial charge in [0.15, 0.2) is 0 Å². The zero-order valence-corrected chi connectivity index (χ0v) is 9.49. The third-order valence-electron chi connectivity index (χ3n) is 2.19. The number of carbonyl (C=O) groups excluding carboxylic acids is 1. The smallest absolute Gasteiger partial charge is 0.225 e. The number of rotatable bonds is 4. The number of hydrogen-bond acceptors (Lipinski definition) is 3. The average Bonchev–Trinajstić information content (AvgIpc) is 1.79. The molecule has 1 aliphatic rings. The molecule has 3 N–H and O–H groups in total. The Labute approximate surface area is 90.9 Å². The number of hydrogen-bond donors (Lipinski definition) is 3. The minimum Gasteiger partial charge on any atom is -0.390 e. The van der Waals surface area contributed by atoms with E-state index < -0.39 is 5.60 Å². The molecule has 0 aliphatic carbocycles. The maximum atomic E-state index is 11.3. The highest BCUT2D eigenvalue weighted by atomic mass is 35.5. The van der Waals surface area contributed by atoms with E-state index in [9.17, 15) is 9.90 Å². The van der Waals surface area contributed by atoms with E-state index in [0.717, 1.165) is 13.1 Å². The minimum absolute atomic E-state index is 0. The Hall–Kier alpha value is -0.320. The molecular formula is C9H19ClN2O2. The van der Waals surface area contributed by atoms with Gasteiger partial charge in [0.05, 0.1) is 11.5 Å². The van der Waals surface area contributed by atoms with Gasteiger partial charge in [-0.1, -0.05) is 0 Å². The zero-order valence-electron chi connectivity index (χ0n) is 8.67. The summed E-state index contributed by atoms with van der Waals surface area (Å²) in [5, 5.41) is 15.2. The predicted octanol–water partition coefficient (Wildman–Crippen LogP) is -0.0952. The number of carbonyl (C=O) groups is 1. The molecule has 1 aliphatic heterocycles. The van der Waals surface area contributed by atoms with Crippen LogP contribution in [0.2, 0.25) is 0 Å². The van der Waals surface area contributed by atoms with Crippen molar-refractivity contribution in [2.24, 2.45) is 5.92 Å². The molecular weight excluding hydrogens is 204 g/mol. The molecule has 0 radical (unpaired) electrons. The highest BCUT2D eigenvalue weighted by Crippen LogP contribution is 2.06. The summed E-state index contributed by atoms with van der Waals surface area (Å²) < 4.78 is 0. The Morgan fingerprint density at radius 2 is 2.14 bits per heavy atom. The normalized spacial score (nSPS) is 16.8. The van der Waals surface area contributed by atoms with Crippen LogP contribution in [0.3, 0.4) is 0 Å². The Morgan fingerprint density at radius 3 is 2.50 bits per heavy atom. The van der Waals surface area contributed by atoms with Gasteiger partial charge < -0.3 is 15.7 Å². The number of amides is 1. The first-order valence-electron chi connectivity index (χ1n) is 4.70. The molecule has 5 heteroatoms. The summed E-state index contributed by atoms with van der Waals surface area (Å²) in [6.45, 7) is 5.61. The van der Waals surface area contributed by atoms with Crippen molar-refractivity contribution in [1.82, 2.24) is 10.6 Å². The largest absolute Gasteiger partial charge is 0.390 e. The first-order chi connectivity index (χ1) is 5.99. The van der Waals surface area contributed by atoms with Crippen molar-refractivity contribution >= 4 is 18.3 Å². The number of aliphatic hydroxyl groups is 1. The lowest BCUT2D eigenvalue weighted by Crippen LogP contribution is -2.51. The SMILES string of the molecule is CC(C)(O)CCNC(=O)C1CNC1.Cl. The quantitative estimate of drug-likeness (QED) is 0.623. The fourth-order valence-electron chi connectivity index (χ4n) is 1.11. The van der Waals surface area contributed by atoms with Crippen molar-refractivity contribution < 1.29 is 9.90 Å². The molecule has 0 aromatic rings. The van der Waals surface area contributed by atoms with Gasteiger partial charge in [-0.2, -0.15) is 0 Å². The molecule has 0 unspecified atom stereocenters. The molecule has 1 rings (SSSR count). The summed E-state index contributed by atoms with van der Waals surface area (Å²) in [6.07, 6.45) is 0.596. The van der Waals surface area contributed by atoms with Crippen molar-refractivity contribution in [3.63, 3.8) is 0 Å². The monoisotopic (exact) mass is 222 g/mol. The van der Waals surface area contributed by atoms with E-state index in [4.69, 9.17) is 0 Å². The first kappa shape index (κ1) is 13.7. The Bertz CT molecular complexity index is 188. The van der Waals surface area contributed by atoms with E-state index in [0.29, 0.717) is 13.0 Å². The fourth-order valence-corrected chi connectivity index (χ4v) is 1.11. The molecule has 14 heavy (non-hydrogen) atoms. The summed E-state index contributed by atoms with van der Waals surface area (Å²) in [7, 11) is 0. The lowest BCUT2D eigenvalue weighted by Gasteiger charge is -2.26. The van der Waals surface area contributed by atoms with Gasteiger partial charge in [0.1, 0.15) is 0 Å². The van der Waals surface area contributed by atoms with Gasteiger partial charge in [-0.3, -0.25) is 4.79 Å². The highest BCUT2D eigenvalue weighted by Gasteiger charge is 2.24. The van der Waals surface area contributed by atoms with Crippen molar-refractivity contribution in [3.8, 4) is 0 Å². The van der Waals surface area contributed by atoms with Crippen LogP contribution >= 0.6 is 12.4 Å². The third kappa shape index (κ3) is 4.79. The van der Waals surface area contributed by atoms with Gasteiger partial charge in [-0.25, -0.2) is 0 Å². The molecule has 0 bridgehead atoms. The topological polar surface area (TPSA) is 61.4 Å². The lowest BCUT2D eigenvalue weighted by atomic mass is 10.0. The molecule has 0 spiro atoms. The van der Waals surface area contributed by atoms with Gasteiger partial charge in [-0.15, -0.1) is 12.4 Å². The van der Waals surface area contributed by atoms with E-state index in [1.54, 1.807) is 13.8 Å². The average molecular weight is 223 g/mol. The van der Waals surface area contributed by atoms with Gasteiger partial charge in [0.25, 0.3) is 0 Å². The second kappa shape index (κ2) is 5.53. The van der Waals surface area contributed by atoms with Crippen LogP contribution < -0.4 is 10.6 Å². The molecule has 0 aromatic carbocycles. The van der Waals surface area contributed by atoms with Crippen molar-refractivity contribution in [2.75, 3.05) is 19.6 Å². The number of nitrogens with one attached hydrogen (secondary N) is 2. The maximum absolute atomic E-state index is 11.3. The molecule has 0 aromatic heterocycles. The van der Waals surface area contributed by atoms with Gasteiger partial charge >= 0.3 is 0 Å². The Kier molecular flexibility index (Phi) is 5.41. The summed E-state index contributed by atoms with van der Waals surface area (Å²) in [6, 6.07) is 0. The lowest BCUT2D eigenvalue weighted by molar-refractivity contribution is -0.126. The van der Waals surface area contributed by atoms with E-state index in [1.807, 2.05) is 0 Å². The van der Waals surface area contributed by atoms with Crippen LogP contribution in [0.25, 0.3) is 0 Å². The summed E-state index contributed by atoms with van der Waals surface area (Å²) in [5.74, 6) is 0.241. The van der Waals surface area contributed by atoms with E-state index in [-0.39, 0.29) is 24.2 Å².